The van der Waals surface area contributed by atoms with Crippen LogP contribution in [0.3, 0.4) is 0 Å². The summed E-state index contributed by atoms with van der Waals surface area (Å²) in [7, 11) is 0. The fourth-order valence-electron chi connectivity index (χ4n) is 0. The minimum atomic E-state index is -0.770. The second-order valence-corrected chi connectivity index (χ2v) is 1.12. The third kappa shape index (κ3) is 77.1. The molecule has 0 aliphatic rings. The molecule has 0 fully saturated rings. The minimum absolute atomic E-state index is 0. The number of rotatable bonds is 0. The SMILES string of the molecule is Cl.Cl.Cl.Cl.[NH2][Sn][NH2]. The molecule has 0 aliphatic carbocycles. The van der Waals surface area contributed by atoms with Gasteiger partial charge in [0, 0.05) is 0 Å². The van der Waals surface area contributed by atoms with Crippen molar-refractivity contribution in [3.63, 3.8) is 0 Å². The van der Waals surface area contributed by atoms with Crippen molar-refractivity contribution in [1.29, 1.82) is 0 Å². The third-order valence-electron chi connectivity index (χ3n) is 0. The monoisotopic (exact) mass is 296 g/mol. The van der Waals surface area contributed by atoms with Crippen LogP contribution in [0.15, 0.2) is 0 Å². The summed E-state index contributed by atoms with van der Waals surface area (Å²) in [5.41, 5.74) is 0. The van der Waals surface area contributed by atoms with Crippen LogP contribution in [0, 0.1) is 0 Å². The zero-order valence-electron chi connectivity index (χ0n) is 3.29. The van der Waals surface area contributed by atoms with Crippen molar-refractivity contribution in [2.75, 3.05) is 0 Å². The van der Waals surface area contributed by atoms with Crippen molar-refractivity contribution >= 4 is 71.3 Å². The van der Waals surface area contributed by atoms with Crippen molar-refractivity contribution in [2.45, 2.75) is 0 Å². The van der Waals surface area contributed by atoms with Crippen LogP contribution < -0.4 is 7.91 Å². The molecule has 0 unspecified atom stereocenters. The molecule has 0 spiro atoms. The molecule has 0 aliphatic heterocycles. The van der Waals surface area contributed by atoms with E-state index in [9.17, 15) is 0 Å². The number of hydrogen-bond donors (Lipinski definition) is 2. The van der Waals surface area contributed by atoms with Gasteiger partial charge in [-0.1, -0.05) is 0 Å². The molecule has 0 rings (SSSR count). The van der Waals surface area contributed by atoms with Gasteiger partial charge in [0.25, 0.3) is 0 Å². The van der Waals surface area contributed by atoms with Gasteiger partial charge in [0.15, 0.2) is 0 Å². The predicted octanol–water partition coefficient (Wildman–Crippen LogP) is 0.125. The van der Waals surface area contributed by atoms with E-state index in [1.165, 1.54) is 0 Å². The fraction of sp³-hybridized carbons (Fsp3) is 0. The van der Waals surface area contributed by atoms with Crippen molar-refractivity contribution in [2.24, 2.45) is 7.91 Å². The Balaban J connectivity index is -0.00000000333. The van der Waals surface area contributed by atoms with Gasteiger partial charge >= 0.3 is 29.6 Å². The third-order valence-corrected chi connectivity index (χ3v) is 0. The van der Waals surface area contributed by atoms with Crippen LogP contribution in [-0.2, 0) is 0 Å². The molecule has 0 saturated carbocycles. The van der Waals surface area contributed by atoms with E-state index in [1.54, 1.807) is 0 Å². The second kappa shape index (κ2) is 45.0. The summed E-state index contributed by atoms with van der Waals surface area (Å²) in [5.74, 6) is 0. The molecule has 0 bridgehead atoms. The molecule has 0 saturated heterocycles. The molecule has 0 amide bonds. The average molecular weight is 297 g/mol. The summed E-state index contributed by atoms with van der Waals surface area (Å²) in [5, 5.41) is 0. The quantitative estimate of drug-likeness (QED) is 0.624. The van der Waals surface area contributed by atoms with Crippen LogP contribution in [0.25, 0.3) is 0 Å². The van der Waals surface area contributed by atoms with E-state index in [0.29, 0.717) is 0 Å². The number of nitrogens with two attached hydrogens (primary N) is 2. The Labute approximate surface area is 78.7 Å². The van der Waals surface area contributed by atoms with Crippen molar-refractivity contribution < 1.29 is 0 Å². The molecule has 2 radical (unpaired) electrons. The second-order valence-electron chi connectivity index (χ2n) is 0.167. The predicted molar refractivity (Wildman–Crippen MR) is 43.1 cm³/mol. The van der Waals surface area contributed by atoms with Crippen molar-refractivity contribution in [1.82, 2.24) is 0 Å². The van der Waals surface area contributed by atoms with Crippen LogP contribution in [0.5, 0.6) is 0 Å². The van der Waals surface area contributed by atoms with Crippen LogP contribution in [0.2, 0.25) is 0 Å². The Bertz CT molecular complexity index is 9.65. The van der Waals surface area contributed by atoms with Crippen molar-refractivity contribution in [3.8, 4) is 0 Å². The molecule has 50 valence electrons. The summed E-state index contributed by atoms with van der Waals surface area (Å²) in [6.45, 7) is 0. The average Bonchev–Trinajstić information content (AvgIpc) is 0.918. The van der Waals surface area contributed by atoms with E-state index in [0.717, 1.165) is 0 Å². The van der Waals surface area contributed by atoms with Crippen LogP contribution in [-0.4, -0.2) is 21.7 Å². The maximum atomic E-state index is 4.80. The molecular formula is H8Cl4N2Sn. The van der Waals surface area contributed by atoms with Crippen LogP contribution in [0.4, 0.5) is 0 Å². The molecule has 0 aromatic carbocycles. The van der Waals surface area contributed by atoms with E-state index in [2.05, 4.69) is 0 Å². The summed E-state index contributed by atoms with van der Waals surface area (Å²) < 4.78 is 9.59. The number of halogens is 4. The molecule has 0 atom stereocenters. The van der Waals surface area contributed by atoms with E-state index < -0.39 is 21.7 Å². The zero-order chi connectivity index (χ0) is 2.71. The van der Waals surface area contributed by atoms with Gasteiger partial charge in [-0.15, -0.1) is 49.6 Å². The summed E-state index contributed by atoms with van der Waals surface area (Å²) in [6.07, 6.45) is 0. The molecule has 0 aromatic heterocycles. The van der Waals surface area contributed by atoms with E-state index in [1.807, 2.05) is 0 Å². The molecule has 7 heteroatoms. The summed E-state index contributed by atoms with van der Waals surface area (Å²) in [4.78, 5) is 0. The normalized spacial score (nSPS) is 2.57. The maximum absolute atomic E-state index is 4.80. The molecule has 4 N–H and O–H groups in total. The topological polar surface area (TPSA) is 52.0 Å². The Morgan fingerprint density at radius 1 is 0.714 bits per heavy atom. The van der Waals surface area contributed by atoms with Crippen LogP contribution in [0.1, 0.15) is 0 Å². The Morgan fingerprint density at radius 2 is 0.714 bits per heavy atom. The first kappa shape index (κ1) is 36.6. The first-order valence-electron chi connectivity index (χ1n) is 0.577. The van der Waals surface area contributed by atoms with E-state index in [-0.39, 0.29) is 49.6 Å². The van der Waals surface area contributed by atoms with Crippen LogP contribution >= 0.6 is 49.6 Å². The van der Waals surface area contributed by atoms with Gasteiger partial charge in [0.05, 0.1) is 0 Å². The summed E-state index contributed by atoms with van der Waals surface area (Å²) in [6, 6.07) is 0. The first-order chi connectivity index (χ1) is 1.41. The molecule has 2 nitrogen and oxygen atoms in total. The van der Waals surface area contributed by atoms with Gasteiger partial charge in [-0.25, -0.2) is 0 Å². The van der Waals surface area contributed by atoms with Gasteiger partial charge < -0.3 is 0 Å². The molecule has 0 heterocycles. The van der Waals surface area contributed by atoms with Gasteiger partial charge in [0.2, 0.25) is 0 Å². The van der Waals surface area contributed by atoms with E-state index in [4.69, 9.17) is 7.91 Å². The Kier molecular flexibility index (Phi) is 235. The molecule has 0 aromatic rings. The van der Waals surface area contributed by atoms with Gasteiger partial charge in [-0.05, 0) is 0 Å². The number of hydrogen-bond acceptors (Lipinski definition) is 2. The van der Waals surface area contributed by atoms with Gasteiger partial charge in [-0.2, -0.15) is 0 Å². The first-order valence-corrected chi connectivity index (χ1v) is 3.87. The van der Waals surface area contributed by atoms with Gasteiger partial charge in [-0.3, -0.25) is 0 Å². The Hall–Kier alpha value is 1.88. The summed E-state index contributed by atoms with van der Waals surface area (Å²) >= 11 is -0.770. The standard InChI is InChI=1S/4ClH.2H2N.Sn/h4*1H;2*1H2;/q;;;;2*-1;+2. The Morgan fingerprint density at radius 3 is 0.714 bits per heavy atom. The van der Waals surface area contributed by atoms with Gasteiger partial charge in [0.1, 0.15) is 0 Å². The van der Waals surface area contributed by atoms with E-state index >= 15 is 0 Å². The zero-order valence-corrected chi connectivity index (χ0v) is 9.41. The van der Waals surface area contributed by atoms with Crippen molar-refractivity contribution in [3.05, 3.63) is 0 Å². The molecular weight excluding hydrogens is 289 g/mol. The fourth-order valence-corrected chi connectivity index (χ4v) is 0. The molecule has 7 heavy (non-hydrogen) atoms.